The second-order valence-corrected chi connectivity index (χ2v) is 8.11. The Kier molecular flexibility index (Phi) is 5.99. The number of rotatable bonds is 5. The third kappa shape index (κ3) is 4.59. The van der Waals surface area contributed by atoms with E-state index in [1.807, 2.05) is 49.4 Å². The molecule has 0 bridgehead atoms. The van der Waals surface area contributed by atoms with Gasteiger partial charge in [0, 0.05) is 21.2 Å². The van der Waals surface area contributed by atoms with Crippen molar-refractivity contribution in [3.63, 3.8) is 0 Å². The van der Waals surface area contributed by atoms with Crippen LogP contribution < -0.4 is 4.74 Å². The summed E-state index contributed by atoms with van der Waals surface area (Å²) in [5.74, 6) is 1.17. The van der Waals surface area contributed by atoms with Crippen LogP contribution in [-0.4, -0.2) is 9.97 Å². The third-order valence-corrected chi connectivity index (χ3v) is 5.68. The third-order valence-electron chi connectivity index (χ3n) is 5.09. The van der Waals surface area contributed by atoms with E-state index >= 15 is 0 Å². The molecule has 1 N–H and O–H groups in total. The molecule has 0 spiro atoms. The number of para-hydroxylation sites is 1. The van der Waals surface area contributed by atoms with Crippen molar-refractivity contribution < 1.29 is 4.74 Å². The monoisotopic (exact) mass is 447 g/mol. The van der Waals surface area contributed by atoms with E-state index in [-0.39, 0.29) is 6.61 Å². The molecule has 6 heteroatoms. The minimum atomic E-state index is 0.284. The summed E-state index contributed by atoms with van der Waals surface area (Å²) in [6.45, 7) is 4.38. The second-order valence-electron chi connectivity index (χ2n) is 7.27. The van der Waals surface area contributed by atoms with Crippen molar-refractivity contribution >= 4 is 45.9 Å². The van der Waals surface area contributed by atoms with E-state index in [1.165, 1.54) is 5.56 Å². The zero-order valence-corrected chi connectivity index (χ0v) is 18.6. The van der Waals surface area contributed by atoms with E-state index in [9.17, 15) is 5.26 Å². The SMILES string of the molecule is Cc1cc2nc(/C(C#N)=C/c3ccccc3OCc3ccc(Cl)cc3Cl)[nH]c2cc1C. The Morgan fingerprint density at radius 2 is 1.87 bits per heavy atom. The van der Waals surface area contributed by atoms with Gasteiger partial charge in [-0.05, 0) is 61.4 Å². The van der Waals surface area contributed by atoms with Gasteiger partial charge in [0.2, 0.25) is 0 Å². The molecule has 3 aromatic carbocycles. The maximum absolute atomic E-state index is 9.79. The molecule has 0 atom stereocenters. The molecular formula is C25H19Cl2N3O. The number of hydrogen-bond acceptors (Lipinski definition) is 3. The summed E-state index contributed by atoms with van der Waals surface area (Å²) in [5.41, 5.74) is 6.09. The molecule has 4 aromatic rings. The number of imidazole rings is 1. The van der Waals surface area contributed by atoms with Crippen LogP contribution >= 0.6 is 23.2 Å². The molecule has 154 valence electrons. The first-order valence-electron chi connectivity index (χ1n) is 9.69. The molecule has 0 aliphatic heterocycles. The van der Waals surface area contributed by atoms with Gasteiger partial charge in [-0.25, -0.2) is 4.98 Å². The lowest BCUT2D eigenvalue weighted by Crippen LogP contribution is -1.98. The van der Waals surface area contributed by atoms with Crippen LogP contribution in [0.3, 0.4) is 0 Å². The van der Waals surface area contributed by atoms with Gasteiger partial charge >= 0.3 is 0 Å². The van der Waals surface area contributed by atoms with E-state index in [2.05, 4.69) is 23.0 Å². The summed E-state index contributed by atoms with van der Waals surface area (Å²) in [4.78, 5) is 7.86. The highest BCUT2D eigenvalue weighted by Crippen LogP contribution is 2.28. The van der Waals surface area contributed by atoms with Gasteiger partial charge in [0.25, 0.3) is 0 Å². The molecule has 0 amide bonds. The van der Waals surface area contributed by atoms with Crippen LogP contribution in [0.1, 0.15) is 28.1 Å². The first-order chi connectivity index (χ1) is 14.9. The van der Waals surface area contributed by atoms with E-state index in [1.54, 1.807) is 18.2 Å². The van der Waals surface area contributed by atoms with Gasteiger partial charge in [-0.2, -0.15) is 5.26 Å². The Labute approximate surface area is 190 Å². The Bertz CT molecular complexity index is 1310. The molecule has 0 saturated heterocycles. The fraction of sp³-hybridized carbons (Fsp3) is 0.120. The Morgan fingerprint density at radius 3 is 2.65 bits per heavy atom. The number of aryl methyl sites for hydroxylation is 2. The maximum atomic E-state index is 9.79. The standard InChI is InChI=1S/C25H19Cl2N3O/c1-15-9-22-23(10-16(15)2)30-25(29-22)19(13-28)11-17-5-3-4-6-24(17)31-14-18-7-8-20(26)12-21(18)27/h3-12H,14H2,1-2H3,(H,29,30)/b19-11+. The number of hydrogen-bond donors (Lipinski definition) is 1. The van der Waals surface area contributed by atoms with Crippen LogP contribution in [0, 0.1) is 25.2 Å². The summed E-state index contributed by atoms with van der Waals surface area (Å²) < 4.78 is 6.00. The fourth-order valence-corrected chi connectivity index (χ4v) is 3.69. The van der Waals surface area contributed by atoms with Gasteiger partial charge in [0.15, 0.2) is 0 Å². The van der Waals surface area contributed by atoms with Crippen LogP contribution in [-0.2, 0) is 6.61 Å². The van der Waals surface area contributed by atoms with Gasteiger partial charge in [-0.1, -0.05) is 47.5 Å². The van der Waals surface area contributed by atoms with Gasteiger partial charge in [0.1, 0.15) is 24.3 Å². The number of nitrogens with zero attached hydrogens (tertiary/aromatic N) is 2. The summed E-state index contributed by atoms with van der Waals surface area (Å²) >= 11 is 12.2. The van der Waals surface area contributed by atoms with Crippen molar-refractivity contribution in [1.82, 2.24) is 9.97 Å². The van der Waals surface area contributed by atoms with Crippen LogP contribution in [0.15, 0.2) is 54.6 Å². The molecule has 31 heavy (non-hydrogen) atoms. The Morgan fingerprint density at radius 1 is 1.10 bits per heavy atom. The Balaban J connectivity index is 1.65. The van der Waals surface area contributed by atoms with Gasteiger partial charge in [-0.15, -0.1) is 0 Å². The number of H-pyrrole nitrogens is 1. The van der Waals surface area contributed by atoms with Crippen LogP contribution in [0.2, 0.25) is 10.0 Å². The normalized spacial score (nSPS) is 11.5. The zero-order valence-electron chi connectivity index (χ0n) is 17.0. The lowest BCUT2D eigenvalue weighted by atomic mass is 10.1. The number of benzene rings is 3. The smallest absolute Gasteiger partial charge is 0.149 e. The number of aromatic nitrogens is 2. The number of fused-ring (bicyclic) bond motifs is 1. The van der Waals surface area contributed by atoms with E-state index in [0.717, 1.165) is 27.7 Å². The van der Waals surface area contributed by atoms with Gasteiger partial charge in [0.05, 0.1) is 16.6 Å². The van der Waals surface area contributed by atoms with E-state index in [4.69, 9.17) is 27.9 Å². The largest absolute Gasteiger partial charge is 0.488 e. The molecule has 0 radical (unpaired) electrons. The molecule has 0 unspecified atom stereocenters. The van der Waals surface area contributed by atoms with Crippen molar-refractivity contribution in [2.45, 2.75) is 20.5 Å². The maximum Gasteiger partial charge on any atom is 0.149 e. The number of halogens is 2. The van der Waals surface area contributed by atoms with Crippen molar-refractivity contribution in [2.75, 3.05) is 0 Å². The highest BCUT2D eigenvalue weighted by atomic mass is 35.5. The molecule has 0 aliphatic rings. The summed E-state index contributed by atoms with van der Waals surface area (Å²) in [5, 5.41) is 10.9. The number of ether oxygens (including phenoxy) is 1. The topological polar surface area (TPSA) is 61.7 Å². The predicted octanol–water partition coefficient (Wildman–Crippen LogP) is 7.13. The lowest BCUT2D eigenvalue weighted by Gasteiger charge is -2.11. The molecule has 0 aliphatic carbocycles. The quantitative estimate of drug-likeness (QED) is 0.331. The highest BCUT2D eigenvalue weighted by Gasteiger charge is 2.11. The fourth-order valence-electron chi connectivity index (χ4n) is 3.23. The number of aromatic amines is 1. The highest BCUT2D eigenvalue weighted by molar-refractivity contribution is 6.35. The molecule has 4 rings (SSSR count). The first kappa shape index (κ1) is 21.0. The molecule has 0 saturated carbocycles. The molecular weight excluding hydrogens is 429 g/mol. The average molecular weight is 448 g/mol. The van der Waals surface area contributed by atoms with Crippen molar-refractivity contribution in [3.05, 3.63) is 92.7 Å². The Hall–Kier alpha value is -3.26. The first-order valence-corrected chi connectivity index (χ1v) is 10.4. The minimum absolute atomic E-state index is 0.284. The van der Waals surface area contributed by atoms with Gasteiger partial charge in [-0.3, -0.25) is 0 Å². The van der Waals surface area contributed by atoms with E-state index in [0.29, 0.717) is 27.2 Å². The second kappa shape index (κ2) is 8.85. The summed E-state index contributed by atoms with van der Waals surface area (Å²) in [6, 6.07) is 19.1. The van der Waals surface area contributed by atoms with E-state index < -0.39 is 0 Å². The van der Waals surface area contributed by atoms with Crippen LogP contribution in [0.5, 0.6) is 5.75 Å². The zero-order chi connectivity index (χ0) is 22.0. The summed E-state index contributed by atoms with van der Waals surface area (Å²) in [6.07, 6.45) is 1.77. The van der Waals surface area contributed by atoms with Crippen molar-refractivity contribution in [3.8, 4) is 11.8 Å². The van der Waals surface area contributed by atoms with Crippen molar-refractivity contribution in [1.29, 1.82) is 5.26 Å². The van der Waals surface area contributed by atoms with Crippen molar-refractivity contribution in [2.24, 2.45) is 0 Å². The van der Waals surface area contributed by atoms with Gasteiger partial charge < -0.3 is 9.72 Å². The van der Waals surface area contributed by atoms with Crippen LogP contribution in [0.4, 0.5) is 0 Å². The lowest BCUT2D eigenvalue weighted by molar-refractivity contribution is 0.305. The van der Waals surface area contributed by atoms with Crippen LogP contribution in [0.25, 0.3) is 22.7 Å². The number of nitrogens with one attached hydrogen (secondary N) is 1. The predicted molar refractivity (Wildman–Crippen MR) is 126 cm³/mol. The average Bonchev–Trinajstić information content (AvgIpc) is 3.14. The molecule has 0 fully saturated rings. The molecule has 1 aromatic heterocycles. The minimum Gasteiger partial charge on any atom is -0.488 e. The summed E-state index contributed by atoms with van der Waals surface area (Å²) in [7, 11) is 0. The molecule has 4 nitrogen and oxygen atoms in total. The number of allylic oxidation sites excluding steroid dienone is 1. The number of nitriles is 1. The molecule has 1 heterocycles.